The van der Waals surface area contributed by atoms with Crippen LogP contribution in [0.15, 0.2) is 18.5 Å². The van der Waals surface area contributed by atoms with Gasteiger partial charge in [0.15, 0.2) is 0 Å². The molecule has 1 saturated heterocycles. The second-order valence-electron chi connectivity index (χ2n) is 6.01. The number of likely N-dealkylation sites (tertiary alicyclic amines) is 1. The van der Waals surface area contributed by atoms with E-state index in [-0.39, 0.29) is 12.4 Å². The molecule has 0 bridgehead atoms. The molecule has 9 heteroatoms. The van der Waals surface area contributed by atoms with Gasteiger partial charge >= 0.3 is 0 Å². The largest absolute Gasteiger partial charge is 0.483 e. The zero-order valence-electron chi connectivity index (χ0n) is 14.5. The van der Waals surface area contributed by atoms with Crippen LogP contribution in [0.3, 0.4) is 0 Å². The van der Waals surface area contributed by atoms with Crippen molar-refractivity contribution in [2.24, 2.45) is 7.05 Å². The monoisotopic (exact) mass is 348 g/mol. The summed E-state index contributed by atoms with van der Waals surface area (Å²) in [5, 5.41) is 21.0. The van der Waals surface area contributed by atoms with Gasteiger partial charge in [0, 0.05) is 31.4 Å². The van der Waals surface area contributed by atoms with Crippen molar-refractivity contribution in [3.05, 3.63) is 29.8 Å². The number of nitrogens with one attached hydrogen (secondary N) is 2. The topological polar surface area (TPSA) is 116 Å². The fraction of sp³-hybridized carbons (Fsp3) is 0.500. The zero-order valence-corrected chi connectivity index (χ0v) is 14.5. The van der Waals surface area contributed by atoms with Crippen molar-refractivity contribution in [2.45, 2.75) is 25.7 Å². The average molecular weight is 348 g/mol. The van der Waals surface area contributed by atoms with Crippen molar-refractivity contribution in [3.8, 4) is 0 Å². The molecule has 0 aliphatic carbocycles. The van der Waals surface area contributed by atoms with Crippen LogP contribution in [0.2, 0.25) is 0 Å². The van der Waals surface area contributed by atoms with E-state index >= 15 is 0 Å². The average Bonchev–Trinajstić information content (AvgIpc) is 3.22. The Morgan fingerprint density at radius 2 is 2.32 bits per heavy atom. The van der Waals surface area contributed by atoms with Crippen molar-refractivity contribution < 1.29 is 14.7 Å². The van der Waals surface area contributed by atoms with Crippen molar-refractivity contribution in [3.63, 3.8) is 0 Å². The Kier molecular flexibility index (Phi) is 6.70. The van der Waals surface area contributed by atoms with Crippen LogP contribution in [-0.2, 0) is 16.6 Å². The SMILES string of the molecule is Cc1c(NC(=O)CN2CCCC(c3ccn[nH]3)C2)cnn1C.O=CO. The summed E-state index contributed by atoms with van der Waals surface area (Å²) in [5.74, 6) is 0.450. The van der Waals surface area contributed by atoms with Crippen LogP contribution in [-0.4, -0.2) is 62.0 Å². The molecule has 1 amide bonds. The summed E-state index contributed by atoms with van der Waals surface area (Å²) in [5.41, 5.74) is 2.91. The molecule has 1 aliphatic rings. The predicted octanol–water partition coefficient (Wildman–Crippen LogP) is 0.971. The number of piperidine rings is 1. The summed E-state index contributed by atoms with van der Waals surface area (Å²) in [6.45, 7) is 3.96. The first kappa shape index (κ1) is 18.7. The first-order valence-corrected chi connectivity index (χ1v) is 8.13. The molecule has 3 N–H and O–H groups in total. The molecule has 136 valence electrons. The van der Waals surface area contributed by atoms with Gasteiger partial charge < -0.3 is 10.4 Å². The highest BCUT2D eigenvalue weighted by Crippen LogP contribution is 2.25. The minimum Gasteiger partial charge on any atom is -0.483 e. The molecule has 2 aromatic heterocycles. The number of carboxylic acid groups (broad SMARTS) is 1. The van der Waals surface area contributed by atoms with Gasteiger partial charge in [-0.1, -0.05) is 0 Å². The van der Waals surface area contributed by atoms with E-state index in [2.05, 4.69) is 25.5 Å². The van der Waals surface area contributed by atoms with Gasteiger partial charge in [0.1, 0.15) is 0 Å². The van der Waals surface area contributed by atoms with E-state index in [0.717, 1.165) is 43.0 Å². The number of anilines is 1. The number of amides is 1. The molecule has 0 aromatic carbocycles. The molecular formula is C16H24N6O3. The van der Waals surface area contributed by atoms with E-state index in [1.807, 2.05) is 20.0 Å². The smallest absolute Gasteiger partial charge is 0.290 e. The highest BCUT2D eigenvalue weighted by atomic mass is 16.3. The third kappa shape index (κ3) is 5.15. The summed E-state index contributed by atoms with van der Waals surface area (Å²) < 4.78 is 1.75. The van der Waals surface area contributed by atoms with Crippen LogP contribution in [0.25, 0.3) is 0 Å². The fourth-order valence-electron chi connectivity index (χ4n) is 2.96. The number of aromatic nitrogens is 4. The molecule has 2 aromatic rings. The number of carbonyl (C=O) groups excluding carboxylic acids is 1. The molecule has 3 rings (SSSR count). The van der Waals surface area contributed by atoms with Crippen LogP contribution < -0.4 is 5.32 Å². The Labute approximate surface area is 146 Å². The van der Waals surface area contributed by atoms with Gasteiger partial charge in [-0.25, -0.2) is 0 Å². The van der Waals surface area contributed by atoms with Crippen LogP contribution >= 0.6 is 0 Å². The van der Waals surface area contributed by atoms with Gasteiger partial charge in [-0.2, -0.15) is 10.2 Å². The molecule has 1 atom stereocenters. The molecule has 0 radical (unpaired) electrons. The first-order chi connectivity index (χ1) is 12.0. The van der Waals surface area contributed by atoms with E-state index < -0.39 is 0 Å². The second kappa shape index (κ2) is 8.97. The number of hydrogen-bond donors (Lipinski definition) is 3. The van der Waals surface area contributed by atoms with Gasteiger partial charge in [0.25, 0.3) is 6.47 Å². The molecular weight excluding hydrogens is 324 g/mol. The maximum atomic E-state index is 12.2. The first-order valence-electron chi connectivity index (χ1n) is 8.13. The third-order valence-electron chi connectivity index (χ3n) is 4.34. The molecule has 1 fully saturated rings. The van der Waals surface area contributed by atoms with E-state index in [9.17, 15) is 4.79 Å². The van der Waals surface area contributed by atoms with Crippen molar-refractivity contribution in [1.29, 1.82) is 0 Å². The van der Waals surface area contributed by atoms with Gasteiger partial charge in [0.05, 0.1) is 24.1 Å². The van der Waals surface area contributed by atoms with Crippen molar-refractivity contribution in [2.75, 3.05) is 25.0 Å². The number of hydrogen-bond acceptors (Lipinski definition) is 5. The fourth-order valence-corrected chi connectivity index (χ4v) is 2.96. The van der Waals surface area contributed by atoms with Crippen molar-refractivity contribution in [1.82, 2.24) is 24.9 Å². The number of nitrogens with zero attached hydrogens (tertiary/aromatic N) is 4. The summed E-state index contributed by atoms with van der Waals surface area (Å²) in [6.07, 6.45) is 5.72. The Bertz CT molecular complexity index is 682. The highest BCUT2D eigenvalue weighted by Gasteiger charge is 2.23. The van der Waals surface area contributed by atoms with E-state index in [1.165, 1.54) is 0 Å². The van der Waals surface area contributed by atoms with Crippen molar-refractivity contribution >= 4 is 18.1 Å². The second-order valence-corrected chi connectivity index (χ2v) is 6.01. The standard InChI is InChI=1S/C15H22N6O.CH2O2/c1-11-14(8-17-20(11)2)18-15(22)10-21-7-3-4-12(9-21)13-5-6-16-19-13;2-1-3/h5-6,8,12H,3-4,7,9-10H2,1-2H3,(H,16,19)(H,18,22);1H,(H,2,3). The molecule has 1 unspecified atom stereocenters. The van der Waals surface area contributed by atoms with Crippen LogP contribution in [0.5, 0.6) is 0 Å². The Morgan fingerprint density at radius 3 is 2.92 bits per heavy atom. The summed E-state index contributed by atoms with van der Waals surface area (Å²) in [4.78, 5) is 22.8. The third-order valence-corrected chi connectivity index (χ3v) is 4.34. The molecule has 0 spiro atoms. The number of aryl methyl sites for hydroxylation is 1. The Hall–Kier alpha value is -2.68. The van der Waals surface area contributed by atoms with Gasteiger partial charge in [0.2, 0.25) is 5.91 Å². The van der Waals surface area contributed by atoms with Crippen LogP contribution in [0.4, 0.5) is 5.69 Å². The number of carbonyl (C=O) groups is 2. The van der Waals surface area contributed by atoms with Crippen LogP contribution in [0, 0.1) is 6.92 Å². The lowest BCUT2D eigenvalue weighted by molar-refractivity contribution is -0.123. The van der Waals surface area contributed by atoms with E-state index in [1.54, 1.807) is 17.1 Å². The molecule has 25 heavy (non-hydrogen) atoms. The highest BCUT2D eigenvalue weighted by molar-refractivity contribution is 5.92. The summed E-state index contributed by atoms with van der Waals surface area (Å²) in [7, 11) is 1.87. The van der Waals surface area contributed by atoms with Gasteiger partial charge in [-0.3, -0.25) is 24.3 Å². The predicted molar refractivity (Wildman–Crippen MR) is 92.3 cm³/mol. The number of H-pyrrole nitrogens is 1. The maximum Gasteiger partial charge on any atom is 0.290 e. The number of rotatable bonds is 4. The summed E-state index contributed by atoms with van der Waals surface area (Å²) >= 11 is 0. The lowest BCUT2D eigenvalue weighted by Gasteiger charge is -2.31. The van der Waals surface area contributed by atoms with Crippen LogP contribution in [0.1, 0.15) is 30.1 Å². The lowest BCUT2D eigenvalue weighted by atomic mass is 9.95. The summed E-state index contributed by atoms with van der Waals surface area (Å²) in [6, 6.07) is 2.02. The quantitative estimate of drug-likeness (QED) is 0.709. The molecule has 1 aliphatic heterocycles. The molecule has 3 heterocycles. The maximum absolute atomic E-state index is 12.2. The Morgan fingerprint density at radius 1 is 1.56 bits per heavy atom. The normalized spacial score (nSPS) is 17.4. The van der Waals surface area contributed by atoms with Gasteiger partial charge in [-0.05, 0) is 32.4 Å². The van der Waals surface area contributed by atoms with E-state index in [4.69, 9.17) is 9.90 Å². The number of aromatic amines is 1. The lowest BCUT2D eigenvalue weighted by Crippen LogP contribution is -2.39. The zero-order chi connectivity index (χ0) is 18.2. The van der Waals surface area contributed by atoms with Gasteiger partial charge in [-0.15, -0.1) is 0 Å². The molecule has 0 saturated carbocycles. The molecule has 9 nitrogen and oxygen atoms in total. The van der Waals surface area contributed by atoms with E-state index in [0.29, 0.717) is 12.5 Å². The minimum atomic E-state index is -0.250. The minimum absolute atomic E-state index is 0.0151. The Balaban J connectivity index is 0.000000701.